The third-order valence-electron chi connectivity index (χ3n) is 4.36. The van der Waals surface area contributed by atoms with Crippen molar-refractivity contribution in [2.24, 2.45) is 5.41 Å². The number of benzene rings is 1. The average molecular weight is 288 g/mol. The first-order chi connectivity index (χ1) is 10.1. The minimum absolute atomic E-state index is 0.212. The van der Waals surface area contributed by atoms with Crippen molar-refractivity contribution in [1.29, 1.82) is 0 Å². The van der Waals surface area contributed by atoms with E-state index in [2.05, 4.69) is 17.2 Å². The molecule has 0 radical (unpaired) electrons. The van der Waals surface area contributed by atoms with Crippen molar-refractivity contribution in [3.8, 4) is 0 Å². The van der Waals surface area contributed by atoms with Crippen molar-refractivity contribution < 1.29 is 14.3 Å². The number of carbonyl (C=O) groups is 1. The highest BCUT2D eigenvalue weighted by Gasteiger charge is 2.27. The van der Waals surface area contributed by atoms with Crippen LogP contribution in [0, 0.1) is 5.41 Å². The lowest BCUT2D eigenvalue weighted by atomic mass is 9.76. The number of oxazole rings is 1. The second-order valence-corrected chi connectivity index (χ2v) is 6.23. The molecule has 1 heterocycles. The van der Waals surface area contributed by atoms with Crippen molar-refractivity contribution in [3.05, 3.63) is 23.8 Å². The molecule has 1 aliphatic carbocycles. The monoisotopic (exact) mass is 288 g/mol. The number of carboxylic acids is 1. The van der Waals surface area contributed by atoms with Gasteiger partial charge in [0.05, 0.1) is 5.56 Å². The van der Waals surface area contributed by atoms with Gasteiger partial charge in [-0.05, 0) is 36.5 Å². The molecule has 1 aromatic heterocycles. The van der Waals surface area contributed by atoms with Gasteiger partial charge < -0.3 is 14.8 Å². The first-order valence-electron chi connectivity index (χ1n) is 7.44. The van der Waals surface area contributed by atoms with E-state index in [0.29, 0.717) is 22.5 Å². The van der Waals surface area contributed by atoms with E-state index >= 15 is 0 Å². The molecule has 0 aliphatic heterocycles. The zero-order valence-electron chi connectivity index (χ0n) is 12.2. The summed E-state index contributed by atoms with van der Waals surface area (Å²) in [4.78, 5) is 15.3. The van der Waals surface area contributed by atoms with Gasteiger partial charge in [-0.1, -0.05) is 26.2 Å². The van der Waals surface area contributed by atoms with E-state index in [1.807, 2.05) is 0 Å². The standard InChI is InChI=1S/C16H20N2O3/c1-16(7-3-2-4-8-16)10-17-15-18-12-6-5-11(14(19)20)9-13(12)21-15/h5-6,9H,2-4,7-8,10H2,1H3,(H,17,18)(H,19,20). The molecule has 0 spiro atoms. The van der Waals surface area contributed by atoms with Crippen LogP contribution in [0.25, 0.3) is 11.1 Å². The number of hydrogen-bond donors (Lipinski definition) is 2. The van der Waals surface area contributed by atoms with Crippen molar-refractivity contribution in [2.75, 3.05) is 11.9 Å². The van der Waals surface area contributed by atoms with Crippen molar-refractivity contribution in [1.82, 2.24) is 4.98 Å². The summed E-state index contributed by atoms with van der Waals surface area (Å²) in [5.74, 6) is -0.961. The second kappa shape index (κ2) is 5.39. The summed E-state index contributed by atoms with van der Waals surface area (Å²) in [6, 6.07) is 5.20. The van der Waals surface area contributed by atoms with Crippen LogP contribution in [-0.4, -0.2) is 22.6 Å². The van der Waals surface area contributed by atoms with Crippen molar-refractivity contribution in [2.45, 2.75) is 39.0 Å². The maximum Gasteiger partial charge on any atom is 0.335 e. The molecule has 1 aromatic carbocycles. The van der Waals surface area contributed by atoms with E-state index in [1.165, 1.54) is 38.2 Å². The maximum absolute atomic E-state index is 10.9. The number of carboxylic acid groups (broad SMARTS) is 1. The minimum atomic E-state index is -0.961. The van der Waals surface area contributed by atoms with Crippen LogP contribution >= 0.6 is 0 Å². The molecule has 0 atom stereocenters. The summed E-state index contributed by atoms with van der Waals surface area (Å²) < 4.78 is 5.61. The minimum Gasteiger partial charge on any atom is -0.478 e. The van der Waals surface area contributed by atoms with Crippen LogP contribution in [0.1, 0.15) is 49.4 Å². The van der Waals surface area contributed by atoms with Gasteiger partial charge in [-0.15, -0.1) is 0 Å². The Kier molecular flexibility index (Phi) is 3.57. The van der Waals surface area contributed by atoms with Crippen LogP contribution < -0.4 is 5.32 Å². The highest BCUT2D eigenvalue weighted by atomic mass is 16.4. The van der Waals surface area contributed by atoms with E-state index in [9.17, 15) is 4.79 Å². The lowest BCUT2D eigenvalue weighted by Crippen LogP contribution is -2.28. The van der Waals surface area contributed by atoms with Gasteiger partial charge >= 0.3 is 5.97 Å². The zero-order valence-corrected chi connectivity index (χ0v) is 12.2. The molecular formula is C16H20N2O3. The Morgan fingerprint density at radius 1 is 1.38 bits per heavy atom. The molecule has 2 N–H and O–H groups in total. The second-order valence-electron chi connectivity index (χ2n) is 6.23. The number of rotatable bonds is 4. The highest BCUT2D eigenvalue weighted by Crippen LogP contribution is 2.35. The first kappa shape index (κ1) is 13.9. The SMILES string of the molecule is CC1(CNc2nc3ccc(C(=O)O)cc3o2)CCCCC1. The fourth-order valence-electron chi connectivity index (χ4n) is 3.00. The molecule has 21 heavy (non-hydrogen) atoms. The molecule has 5 nitrogen and oxygen atoms in total. The van der Waals surface area contributed by atoms with E-state index in [-0.39, 0.29) is 5.56 Å². The van der Waals surface area contributed by atoms with Gasteiger partial charge in [0.2, 0.25) is 0 Å². The quantitative estimate of drug-likeness (QED) is 0.892. The lowest BCUT2D eigenvalue weighted by molar-refractivity contribution is 0.0697. The molecular weight excluding hydrogens is 268 g/mol. The zero-order chi connectivity index (χ0) is 14.9. The number of anilines is 1. The topological polar surface area (TPSA) is 75.4 Å². The summed E-state index contributed by atoms with van der Waals surface area (Å²) >= 11 is 0. The molecule has 1 aliphatic rings. The van der Waals surface area contributed by atoms with Crippen LogP contribution in [0.3, 0.4) is 0 Å². The van der Waals surface area contributed by atoms with Gasteiger partial charge in [0, 0.05) is 6.54 Å². The Morgan fingerprint density at radius 3 is 2.86 bits per heavy atom. The molecule has 5 heteroatoms. The fourth-order valence-corrected chi connectivity index (χ4v) is 3.00. The van der Waals surface area contributed by atoms with Crippen LogP contribution in [0.5, 0.6) is 0 Å². The predicted octanol–water partition coefficient (Wildman–Crippen LogP) is 3.91. The molecule has 1 saturated carbocycles. The highest BCUT2D eigenvalue weighted by molar-refractivity contribution is 5.92. The van der Waals surface area contributed by atoms with E-state index in [0.717, 1.165) is 6.54 Å². The molecule has 0 bridgehead atoms. The Morgan fingerprint density at radius 2 is 2.14 bits per heavy atom. The fraction of sp³-hybridized carbons (Fsp3) is 0.500. The number of hydrogen-bond acceptors (Lipinski definition) is 4. The smallest absolute Gasteiger partial charge is 0.335 e. The lowest BCUT2D eigenvalue weighted by Gasteiger charge is -2.33. The Balaban J connectivity index is 1.73. The predicted molar refractivity (Wildman–Crippen MR) is 80.7 cm³/mol. The molecule has 2 aromatic rings. The number of nitrogens with zero attached hydrogens (tertiary/aromatic N) is 1. The summed E-state index contributed by atoms with van der Waals surface area (Å²) in [5.41, 5.74) is 1.69. The van der Waals surface area contributed by atoms with Crippen LogP contribution in [0.4, 0.5) is 6.01 Å². The van der Waals surface area contributed by atoms with Gasteiger partial charge in [0.15, 0.2) is 5.58 Å². The summed E-state index contributed by atoms with van der Waals surface area (Å²) in [6.45, 7) is 3.13. The summed E-state index contributed by atoms with van der Waals surface area (Å²) in [6.07, 6.45) is 6.35. The van der Waals surface area contributed by atoms with Gasteiger partial charge in [-0.2, -0.15) is 4.98 Å². The third-order valence-corrected chi connectivity index (χ3v) is 4.36. The van der Waals surface area contributed by atoms with Gasteiger partial charge in [0.1, 0.15) is 5.52 Å². The Bertz CT molecular complexity index is 657. The number of fused-ring (bicyclic) bond motifs is 1. The van der Waals surface area contributed by atoms with Crippen LogP contribution in [-0.2, 0) is 0 Å². The summed E-state index contributed by atoms with van der Waals surface area (Å²) in [5, 5.41) is 12.2. The number of nitrogens with one attached hydrogen (secondary N) is 1. The molecule has 0 unspecified atom stereocenters. The van der Waals surface area contributed by atoms with Crippen LogP contribution in [0.2, 0.25) is 0 Å². The Labute approximate surface area is 123 Å². The maximum atomic E-state index is 10.9. The molecule has 3 rings (SSSR count). The first-order valence-corrected chi connectivity index (χ1v) is 7.44. The third kappa shape index (κ3) is 3.01. The van der Waals surface area contributed by atoms with Gasteiger partial charge in [0.25, 0.3) is 6.01 Å². The molecule has 112 valence electrons. The van der Waals surface area contributed by atoms with Crippen molar-refractivity contribution in [3.63, 3.8) is 0 Å². The van der Waals surface area contributed by atoms with Gasteiger partial charge in [-0.25, -0.2) is 4.79 Å². The van der Waals surface area contributed by atoms with E-state index in [4.69, 9.17) is 9.52 Å². The molecule has 0 amide bonds. The van der Waals surface area contributed by atoms with Gasteiger partial charge in [-0.3, -0.25) is 0 Å². The van der Waals surface area contributed by atoms with Crippen LogP contribution in [0.15, 0.2) is 22.6 Å². The van der Waals surface area contributed by atoms with Crippen molar-refractivity contribution >= 4 is 23.1 Å². The normalized spacial score (nSPS) is 17.8. The summed E-state index contributed by atoms with van der Waals surface area (Å²) in [7, 11) is 0. The Hall–Kier alpha value is -2.04. The number of aromatic nitrogens is 1. The average Bonchev–Trinajstić information content (AvgIpc) is 2.88. The molecule has 1 fully saturated rings. The van der Waals surface area contributed by atoms with E-state index in [1.54, 1.807) is 12.1 Å². The largest absolute Gasteiger partial charge is 0.478 e. The molecule has 0 saturated heterocycles. The van der Waals surface area contributed by atoms with E-state index < -0.39 is 5.97 Å². The number of aromatic carboxylic acids is 1.